The Balaban J connectivity index is 3.02. The molecule has 78 valence electrons. The van der Waals surface area contributed by atoms with Crippen LogP contribution in [0.15, 0.2) is 0 Å². The molecule has 0 atom stereocenters. The van der Waals surface area contributed by atoms with E-state index in [0.29, 0.717) is 26.4 Å². The van der Waals surface area contributed by atoms with Crippen LogP contribution < -0.4 is 5.48 Å². The minimum atomic E-state index is -0.571. The van der Waals surface area contributed by atoms with Crippen LogP contribution in [0.25, 0.3) is 0 Å². The van der Waals surface area contributed by atoms with Crippen molar-refractivity contribution in [1.29, 1.82) is 0 Å². The summed E-state index contributed by atoms with van der Waals surface area (Å²) in [4.78, 5) is 15.4. The molecule has 13 heavy (non-hydrogen) atoms. The predicted molar refractivity (Wildman–Crippen MR) is 47.2 cm³/mol. The first-order chi connectivity index (χ1) is 6.31. The monoisotopic (exact) mass is 191 g/mol. The first kappa shape index (κ1) is 12.2. The lowest BCUT2D eigenvalue weighted by atomic mass is 10.5. The second-order valence-electron chi connectivity index (χ2n) is 2.28. The first-order valence-corrected chi connectivity index (χ1v) is 4.43. The Morgan fingerprint density at radius 3 is 2.62 bits per heavy atom. The smallest absolute Gasteiger partial charge is 0.431 e. The molecule has 0 aliphatic rings. The van der Waals surface area contributed by atoms with Crippen LogP contribution >= 0.6 is 0 Å². The van der Waals surface area contributed by atoms with Gasteiger partial charge in [0.1, 0.15) is 0 Å². The number of rotatable bonds is 7. The lowest BCUT2D eigenvalue weighted by Gasteiger charge is -2.05. The second kappa shape index (κ2) is 9.28. The van der Waals surface area contributed by atoms with E-state index in [4.69, 9.17) is 9.57 Å². The fourth-order valence-corrected chi connectivity index (χ4v) is 0.618. The summed E-state index contributed by atoms with van der Waals surface area (Å²) in [6.07, 6.45) is 0.406. The third kappa shape index (κ3) is 9.10. The Hall–Kier alpha value is -0.810. The van der Waals surface area contributed by atoms with Crippen molar-refractivity contribution in [2.45, 2.75) is 20.3 Å². The molecule has 0 bridgehead atoms. The van der Waals surface area contributed by atoms with Crippen LogP contribution in [0, 0.1) is 0 Å². The molecular weight excluding hydrogens is 174 g/mol. The standard InChI is InChI=1S/C8H17NO4/c1-3-5-11-6-7-13-9-8(10)12-4-2/h3-7H2,1-2H3,(H,9,10). The van der Waals surface area contributed by atoms with Gasteiger partial charge in [-0.3, -0.25) is 4.84 Å². The molecule has 0 heterocycles. The van der Waals surface area contributed by atoms with E-state index in [0.717, 1.165) is 6.42 Å². The lowest BCUT2D eigenvalue weighted by molar-refractivity contribution is -0.00514. The van der Waals surface area contributed by atoms with Crippen molar-refractivity contribution in [2.75, 3.05) is 26.4 Å². The molecule has 0 radical (unpaired) electrons. The van der Waals surface area contributed by atoms with Crippen molar-refractivity contribution >= 4 is 6.09 Å². The molecule has 0 spiro atoms. The van der Waals surface area contributed by atoms with Crippen molar-refractivity contribution in [3.05, 3.63) is 0 Å². The number of nitrogens with one attached hydrogen (secondary N) is 1. The van der Waals surface area contributed by atoms with Crippen LogP contribution in [0.3, 0.4) is 0 Å². The number of ether oxygens (including phenoxy) is 2. The van der Waals surface area contributed by atoms with Gasteiger partial charge in [0.25, 0.3) is 0 Å². The van der Waals surface area contributed by atoms with Gasteiger partial charge in [-0.25, -0.2) is 4.79 Å². The molecule has 0 unspecified atom stereocenters. The Labute approximate surface area is 78.3 Å². The average Bonchev–Trinajstić information content (AvgIpc) is 2.11. The van der Waals surface area contributed by atoms with Gasteiger partial charge in [0.15, 0.2) is 0 Å². The summed E-state index contributed by atoms with van der Waals surface area (Å²) >= 11 is 0. The van der Waals surface area contributed by atoms with Gasteiger partial charge >= 0.3 is 6.09 Å². The van der Waals surface area contributed by atoms with Crippen molar-refractivity contribution in [1.82, 2.24) is 5.48 Å². The number of carbonyl (C=O) groups is 1. The van der Waals surface area contributed by atoms with Crippen molar-refractivity contribution < 1.29 is 19.1 Å². The maximum Gasteiger partial charge on any atom is 0.431 e. The van der Waals surface area contributed by atoms with E-state index in [1.807, 2.05) is 6.92 Å². The molecule has 0 aliphatic carbocycles. The summed E-state index contributed by atoms with van der Waals surface area (Å²) in [5.41, 5.74) is 2.12. The number of carbonyl (C=O) groups excluding carboxylic acids is 1. The maximum atomic E-state index is 10.6. The molecule has 0 aromatic heterocycles. The maximum absolute atomic E-state index is 10.6. The highest BCUT2D eigenvalue weighted by Crippen LogP contribution is 1.81. The van der Waals surface area contributed by atoms with Crippen molar-refractivity contribution in [3.8, 4) is 0 Å². The summed E-state index contributed by atoms with van der Waals surface area (Å²) in [5.74, 6) is 0. The number of hydrogen-bond acceptors (Lipinski definition) is 4. The predicted octanol–water partition coefficient (Wildman–Crippen LogP) is 1.09. The SMILES string of the molecule is CCCOCCONC(=O)OCC. The van der Waals surface area contributed by atoms with E-state index in [2.05, 4.69) is 10.2 Å². The molecule has 0 aromatic carbocycles. The number of hydroxylamine groups is 1. The molecule has 1 N–H and O–H groups in total. The fourth-order valence-electron chi connectivity index (χ4n) is 0.618. The third-order valence-electron chi connectivity index (χ3n) is 1.11. The van der Waals surface area contributed by atoms with Gasteiger partial charge in [0, 0.05) is 6.61 Å². The molecule has 5 nitrogen and oxygen atoms in total. The first-order valence-electron chi connectivity index (χ1n) is 4.43. The third-order valence-corrected chi connectivity index (χ3v) is 1.11. The highest BCUT2D eigenvalue weighted by atomic mass is 16.7. The van der Waals surface area contributed by atoms with Crippen LogP contribution in [0.4, 0.5) is 4.79 Å². The molecule has 5 heteroatoms. The summed E-state index contributed by atoms with van der Waals surface area (Å²) in [5, 5.41) is 0. The van der Waals surface area contributed by atoms with Gasteiger partial charge in [-0.2, -0.15) is 5.48 Å². The van der Waals surface area contributed by atoms with Crippen LogP contribution in [0.1, 0.15) is 20.3 Å². The van der Waals surface area contributed by atoms with Crippen molar-refractivity contribution in [2.24, 2.45) is 0 Å². The van der Waals surface area contributed by atoms with Gasteiger partial charge in [-0.1, -0.05) is 6.92 Å². The fraction of sp³-hybridized carbons (Fsp3) is 0.875. The minimum absolute atomic E-state index is 0.332. The van der Waals surface area contributed by atoms with Gasteiger partial charge in [0.2, 0.25) is 0 Å². The van der Waals surface area contributed by atoms with E-state index in [-0.39, 0.29) is 0 Å². The Morgan fingerprint density at radius 1 is 1.23 bits per heavy atom. The number of amides is 1. The van der Waals surface area contributed by atoms with E-state index in [9.17, 15) is 4.79 Å². The van der Waals surface area contributed by atoms with E-state index < -0.39 is 6.09 Å². The van der Waals surface area contributed by atoms with Gasteiger partial charge in [-0.05, 0) is 13.3 Å². The topological polar surface area (TPSA) is 56.8 Å². The Morgan fingerprint density at radius 2 is 2.00 bits per heavy atom. The zero-order chi connectivity index (χ0) is 9.94. The summed E-state index contributed by atoms with van der Waals surface area (Å²) in [6.45, 7) is 5.60. The van der Waals surface area contributed by atoms with E-state index >= 15 is 0 Å². The number of hydrogen-bond donors (Lipinski definition) is 1. The lowest BCUT2D eigenvalue weighted by Crippen LogP contribution is -2.26. The summed E-state index contributed by atoms with van der Waals surface area (Å²) < 4.78 is 9.66. The zero-order valence-electron chi connectivity index (χ0n) is 8.17. The largest absolute Gasteiger partial charge is 0.448 e. The highest BCUT2D eigenvalue weighted by Gasteiger charge is 1.97. The van der Waals surface area contributed by atoms with E-state index in [1.165, 1.54) is 0 Å². The molecule has 1 amide bonds. The van der Waals surface area contributed by atoms with E-state index in [1.54, 1.807) is 6.92 Å². The quantitative estimate of drug-likeness (QED) is 0.483. The van der Waals surface area contributed by atoms with Gasteiger partial charge < -0.3 is 9.47 Å². The minimum Gasteiger partial charge on any atom is -0.448 e. The molecule has 0 aromatic rings. The van der Waals surface area contributed by atoms with Crippen LogP contribution in [-0.4, -0.2) is 32.5 Å². The zero-order valence-corrected chi connectivity index (χ0v) is 8.17. The molecular formula is C8H17NO4. The molecule has 0 rings (SSSR count). The second-order valence-corrected chi connectivity index (χ2v) is 2.28. The molecule has 0 saturated heterocycles. The molecule has 0 saturated carbocycles. The van der Waals surface area contributed by atoms with Crippen molar-refractivity contribution in [3.63, 3.8) is 0 Å². The normalized spacial score (nSPS) is 9.69. The highest BCUT2D eigenvalue weighted by molar-refractivity contribution is 5.65. The van der Waals surface area contributed by atoms with Crippen LogP contribution in [-0.2, 0) is 14.3 Å². The summed E-state index contributed by atoms with van der Waals surface area (Å²) in [6, 6.07) is 0. The van der Waals surface area contributed by atoms with Crippen LogP contribution in [0.2, 0.25) is 0 Å². The Kier molecular flexibility index (Phi) is 8.70. The molecule has 0 aliphatic heterocycles. The summed E-state index contributed by atoms with van der Waals surface area (Å²) in [7, 11) is 0. The molecule has 0 fully saturated rings. The average molecular weight is 191 g/mol. The van der Waals surface area contributed by atoms with Gasteiger partial charge in [-0.15, -0.1) is 0 Å². The Bertz CT molecular complexity index is 129. The van der Waals surface area contributed by atoms with Crippen LogP contribution in [0.5, 0.6) is 0 Å². The van der Waals surface area contributed by atoms with Gasteiger partial charge in [0.05, 0.1) is 19.8 Å².